The van der Waals surface area contributed by atoms with E-state index in [4.69, 9.17) is 0 Å². The van der Waals surface area contributed by atoms with E-state index >= 15 is 0 Å². The van der Waals surface area contributed by atoms with Crippen molar-refractivity contribution < 1.29 is 0 Å². The average molecular weight is 278 g/mol. The molecule has 0 spiro atoms. The van der Waals surface area contributed by atoms with Gasteiger partial charge >= 0.3 is 0 Å². The number of benzene rings is 1. The van der Waals surface area contributed by atoms with Gasteiger partial charge in [0.05, 0.1) is 6.04 Å². The molecule has 3 nitrogen and oxygen atoms in total. The van der Waals surface area contributed by atoms with Crippen molar-refractivity contribution in [1.82, 2.24) is 14.8 Å². The fraction of sp³-hybridized carbons (Fsp3) is 0.333. The number of hydrogen-bond donors (Lipinski definition) is 0. The summed E-state index contributed by atoms with van der Waals surface area (Å²) in [6.45, 7) is 0. The van der Waals surface area contributed by atoms with Crippen LogP contribution >= 0.6 is 15.9 Å². The number of aromatic nitrogens is 3. The van der Waals surface area contributed by atoms with E-state index < -0.39 is 0 Å². The lowest BCUT2D eigenvalue weighted by Crippen LogP contribution is -2.20. The van der Waals surface area contributed by atoms with Crippen molar-refractivity contribution in [2.24, 2.45) is 0 Å². The van der Waals surface area contributed by atoms with Crippen molar-refractivity contribution in [2.75, 3.05) is 0 Å². The Balaban J connectivity index is 2.05. The highest BCUT2D eigenvalue weighted by Gasteiger charge is 2.23. The zero-order valence-electron chi connectivity index (χ0n) is 8.81. The number of halogens is 1. The van der Waals surface area contributed by atoms with E-state index in [9.17, 15) is 0 Å². The van der Waals surface area contributed by atoms with E-state index in [2.05, 4.69) is 55.0 Å². The van der Waals surface area contributed by atoms with E-state index in [1.54, 1.807) is 0 Å². The topological polar surface area (TPSA) is 30.7 Å². The van der Waals surface area contributed by atoms with Crippen molar-refractivity contribution in [2.45, 2.75) is 25.3 Å². The molecule has 2 heterocycles. The molecule has 4 heteroatoms. The molecule has 0 radical (unpaired) electrons. The number of fused-ring (bicyclic) bond motifs is 1. The molecule has 1 aliphatic heterocycles. The first-order chi connectivity index (χ1) is 7.84. The van der Waals surface area contributed by atoms with Gasteiger partial charge in [0.1, 0.15) is 5.82 Å². The molecular formula is C12H12BrN3. The molecule has 0 aliphatic carbocycles. The summed E-state index contributed by atoms with van der Waals surface area (Å²) in [5.74, 6) is 1.09. The summed E-state index contributed by atoms with van der Waals surface area (Å²) < 4.78 is 2.76. The summed E-state index contributed by atoms with van der Waals surface area (Å²) in [6, 6.07) is 10.9. The molecule has 0 saturated heterocycles. The summed E-state index contributed by atoms with van der Waals surface area (Å²) in [5.41, 5.74) is 1.32. The molecule has 0 amide bonds. The first-order valence-electron chi connectivity index (χ1n) is 5.50. The van der Waals surface area contributed by atoms with Gasteiger partial charge in [-0.2, -0.15) is 0 Å². The SMILES string of the molecule is Brc1nc2n(n1)C(c1ccccc1)CCC2. The Morgan fingerprint density at radius 3 is 2.88 bits per heavy atom. The summed E-state index contributed by atoms with van der Waals surface area (Å²) in [5, 5.41) is 4.43. The molecule has 82 valence electrons. The Kier molecular flexibility index (Phi) is 2.52. The largest absolute Gasteiger partial charge is 0.241 e. The smallest absolute Gasteiger partial charge is 0.217 e. The van der Waals surface area contributed by atoms with Crippen LogP contribution in [0.25, 0.3) is 0 Å². The van der Waals surface area contributed by atoms with Crippen molar-refractivity contribution in [1.29, 1.82) is 0 Å². The summed E-state index contributed by atoms with van der Waals surface area (Å²) in [4.78, 5) is 4.40. The lowest BCUT2D eigenvalue weighted by molar-refractivity contribution is 0.411. The third-order valence-electron chi connectivity index (χ3n) is 3.03. The molecule has 3 rings (SSSR count). The van der Waals surface area contributed by atoms with Crippen LogP contribution in [0.15, 0.2) is 35.1 Å². The normalized spacial score (nSPS) is 19.4. The Bertz CT molecular complexity index is 492. The molecule has 16 heavy (non-hydrogen) atoms. The predicted molar refractivity (Wildman–Crippen MR) is 65.2 cm³/mol. The number of nitrogens with zero attached hydrogens (tertiary/aromatic N) is 3. The molecular weight excluding hydrogens is 266 g/mol. The van der Waals surface area contributed by atoms with E-state index in [0.29, 0.717) is 10.8 Å². The summed E-state index contributed by atoms with van der Waals surface area (Å²) >= 11 is 3.35. The van der Waals surface area contributed by atoms with E-state index in [1.807, 2.05) is 6.07 Å². The van der Waals surface area contributed by atoms with Gasteiger partial charge in [-0.1, -0.05) is 30.3 Å². The van der Waals surface area contributed by atoms with Gasteiger partial charge in [0, 0.05) is 6.42 Å². The lowest BCUT2D eigenvalue weighted by Gasteiger charge is -2.23. The highest BCUT2D eigenvalue weighted by atomic mass is 79.9. The molecule has 0 bridgehead atoms. The highest BCUT2D eigenvalue weighted by molar-refractivity contribution is 9.10. The van der Waals surface area contributed by atoms with Crippen LogP contribution in [0.1, 0.15) is 30.3 Å². The number of hydrogen-bond acceptors (Lipinski definition) is 2. The maximum Gasteiger partial charge on any atom is 0.217 e. The zero-order chi connectivity index (χ0) is 11.0. The van der Waals surface area contributed by atoms with Gasteiger partial charge in [-0.25, -0.2) is 9.67 Å². The van der Waals surface area contributed by atoms with Crippen molar-refractivity contribution >= 4 is 15.9 Å². The number of rotatable bonds is 1. The van der Waals surface area contributed by atoms with Gasteiger partial charge < -0.3 is 0 Å². The lowest BCUT2D eigenvalue weighted by atomic mass is 9.98. The number of aryl methyl sites for hydroxylation is 1. The summed E-state index contributed by atoms with van der Waals surface area (Å²) in [7, 11) is 0. The van der Waals surface area contributed by atoms with Crippen LogP contribution in [0.2, 0.25) is 0 Å². The Morgan fingerprint density at radius 2 is 2.06 bits per heavy atom. The average Bonchev–Trinajstić information content (AvgIpc) is 2.70. The van der Waals surface area contributed by atoms with E-state index in [0.717, 1.165) is 18.7 Å². The predicted octanol–water partition coefficient (Wildman–Crippen LogP) is 2.97. The third-order valence-corrected chi connectivity index (χ3v) is 3.37. The van der Waals surface area contributed by atoms with Crippen LogP contribution in [0.4, 0.5) is 0 Å². The Hall–Kier alpha value is -1.16. The van der Waals surface area contributed by atoms with Gasteiger partial charge in [0.2, 0.25) is 4.73 Å². The van der Waals surface area contributed by atoms with Crippen LogP contribution in [-0.4, -0.2) is 14.8 Å². The van der Waals surface area contributed by atoms with Gasteiger partial charge in [-0.05, 0) is 34.3 Å². The molecule has 0 N–H and O–H groups in total. The van der Waals surface area contributed by atoms with Gasteiger partial charge in [0.15, 0.2) is 0 Å². The quantitative estimate of drug-likeness (QED) is 0.803. The fourth-order valence-corrected chi connectivity index (χ4v) is 2.68. The summed E-state index contributed by atoms with van der Waals surface area (Å²) in [6.07, 6.45) is 3.36. The maximum absolute atomic E-state index is 4.43. The second kappa shape index (κ2) is 4.01. The van der Waals surface area contributed by atoms with Crippen LogP contribution < -0.4 is 0 Å². The molecule has 1 aromatic carbocycles. The second-order valence-corrected chi connectivity index (χ2v) is 4.77. The van der Waals surface area contributed by atoms with Crippen molar-refractivity contribution in [3.8, 4) is 0 Å². The molecule has 1 atom stereocenters. The minimum atomic E-state index is 0.351. The Morgan fingerprint density at radius 1 is 1.25 bits per heavy atom. The fourth-order valence-electron chi connectivity index (χ4n) is 2.31. The van der Waals surface area contributed by atoms with Crippen LogP contribution in [0.5, 0.6) is 0 Å². The van der Waals surface area contributed by atoms with Crippen molar-refractivity contribution in [3.05, 3.63) is 46.5 Å². The highest BCUT2D eigenvalue weighted by Crippen LogP contribution is 2.29. The zero-order valence-corrected chi connectivity index (χ0v) is 10.4. The molecule has 1 aliphatic rings. The van der Waals surface area contributed by atoms with Crippen LogP contribution in [-0.2, 0) is 6.42 Å². The first kappa shape index (κ1) is 10.0. The minimum absolute atomic E-state index is 0.351. The van der Waals surface area contributed by atoms with E-state index in [1.165, 1.54) is 12.0 Å². The van der Waals surface area contributed by atoms with Crippen molar-refractivity contribution in [3.63, 3.8) is 0 Å². The van der Waals surface area contributed by atoms with Gasteiger partial charge in [0.25, 0.3) is 0 Å². The molecule has 1 aromatic heterocycles. The van der Waals surface area contributed by atoms with Crippen LogP contribution in [0.3, 0.4) is 0 Å². The molecule has 0 fully saturated rings. The monoisotopic (exact) mass is 277 g/mol. The minimum Gasteiger partial charge on any atom is -0.241 e. The first-order valence-corrected chi connectivity index (χ1v) is 6.30. The third kappa shape index (κ3) is 1.67. The molecule has 1 unspecified atom stereocenters. The standard InChI is InChI=1S/C12H12BrN3/c13-12-14-11-8-4-7-10(16(11)15-12)9-5-2-1-3-6-9/h1-3,5-6,10H,4,7-8H2. The second-order valence-electron chi connectivity index (χ2n) is 4.06. The van der Waals surface area contributed by atoms with Gasteiger partial charge in [-0.3, -0.25) is 0 Å². The van der Waals surface area contributed by atoms with Gasteiger partial charge in [-0.15, -0.1) is 5.10 Å². The Labute approximate surface area is 103 Å². The van der Waals surface area contributed by atoms with E-state index in [-0.39, 0.29) is 0 Å². The molecule has 2 aromatic rings. The maximum atomic E-state index is 4.43. The van der Waals surface area contributed by atoms with Crippen LogP contribution in [0, 0.1) is 0 Å². The molecule has 0 saturated carbocycles.